The minimum absolute atomic E-state index is 0.0408. The quantitative estimate of drug-likeness (QED) is 0.388. The average molecular weight is 324 g/mol. The number of nitro benzene ring substituents is 1. The molecule has 0 aromatic heterocycles. The summed E-state index contributed by atoms with van der Waals surface area (Å²) in [5.74, 6) is -1.56. The van der Waals surface area contributed by atoms with Crippen molar-refractivity contribution in [2.24, 2.45) is 0 Å². The molecule has 7 nitrogen and oxygen atoms in total. The molecule has 24 heavy (non-hydrogen) atoms. The highest BCUT2D eigenvalue weighted by molar-refractivity contribution is 6.56. The second kappa shape index (κ2) is 5.96. The summed E-state index contributed by atoms with van der Waals surface area (Å²) >= 11 is 0. The van der Waals surface area contributed by atoms with Gasteiger partial charge >= 0.3 is 0 Å². The topological polar surface area (TPSA) is 110 Å². The Balaban J connectivity index is 1.82. The van der Waals surface area contributed by atoms with E-state index < -0.39 is 16.6 Å². The molecule has 1 amide bonds. The van der Waals surface area contributed by atoms with Gasteiger partial charge in [-0.05, 0) is 41.8 Å². The van der Waals surface area contributed by atoms with Crippen LogP contribution in [-0.2, 0) is 16.0 Å². The molecular weight excluding hydrogens is 312 g/mol. The SMILES string of the molecule is O=C(Nc1ccc(O)cc1)C(=O)C1=CCc2ccc([N+](=O)[O-])cc21. The molecule has 3 rings (SSSR count). The van der Waals surface area contributed by atoms with Crippen molar-refractivity contribution in [2.75, 3.05) is 5.32 Å². The van der Waals surface area contributed by atoms with Crippen LogP contribution in [0, 0.1) is 10.1 Å². The van der Waals surface area contributed by atoms with E-state index in [0.717, 1.165) is 5.56 Å². The molecule has 0 saturated heterocycles. The van der Waals surface area contributed by atoms with Crippen LogP contribution in [0.3, 0.4) is 0 Å². The lowest BCUT2D eigenvalue weighted by atomic mass is 10.0. The van der Waals surface area contributed by atoms with E-state index in [0.29, 0.717) is 17.7 Å². The van der Waals surface area contributed by atoms with Crippen molar-refractivity contribution in [1.82, 2.24) is 0 Å². The van der Waals surface area contributed by atoms with Crippen molar-refractivity contribution in [3.8, 4) is 5.75 Å². The van der Waals surface area contributed by atoms with E-state index in [1.54, 1.807) is 12.1 Å². The first-order valence-corrected chi connectivity index (χ1v) is 7.08. The molecule has 2 aromatic carbocycles. The number of hydrogen-bond donors (Lipinski definition) is 2. The Labute approximate surface area is 136 Å². The Hall–Kier alpha value is -3.48. The third-order valence-electron chi connectivity index (χ3n) is 3.70. The molecule has 2 N–H and O–H groups in total. The highest BCUT2D eigenvalue weighted by atomic mass is 16.6. The number of nitrogens with one attached hydrogen (secondary N) is 1. The maximum atomic E-state index is 12.4. The Morgan fingerprint density at radius 3 is 2.50 bits per heavy atom. The molecule has 7 heteroatoms. The third-order valence-corrected chi connectivity index (χ3v) is 3.70. The van der Waals surface area contributed by atoms with E-state index >= 15 is 0 Å². The molecule has 0 spiro atoms. The van der Waals surface area contributed by atoms with Crippen LogP contribution in [0.2, 0.25) is 0 Å². The van der Waals surface area contributed by atoms with E-state index in [2.05, 4.69) is 5.32 Å². The second-order valence-electron chi connectivity index (χ2n) is 5.25. The Morgan fingerprint density at radius 1 is 1.12 bits per heavy atom. The van der Waals surface area contributed by atoms with Crippen molar-refractivity contribution in [3.05, 3.63) is 69.8 Å². The van der Waals surface area contributed by atoms with Gasteiger partial charge in [-0.1, -0.05) is 12.1 Å². The number of phenols is 1. The van der Waals surface area contributed by atoms with Gasteiger partial charge in [-0.3, -0.25) is 19.7 Å². The second-order valence-corrected chi connectivity index (χ2v) is 5.25. The van der Waals surface area contributed by atoms with E-state index in [4.69, 9.17) is 0 Å². The molecule has 0 aliphatic heterocycles. The number of carbonyl (C=O) groups excluding carboxylic acids is 2. The van der Waals surface area contributed by atoms with Crippen LogP contribution < -0.4 is 5.32 Å². The normalized spacial score (nSPS) is 12.2. The van der Waals surface area contributed by atoms with E-state index in [-0.39, 0.29) is 17.0 Å². The highest BCUT2D eigenvalue weighted by Gasteiger charge is 2.27. The number of carbonyl (C=O) groups is 2. The standard InChI is InChI=1S/C17H12N2O5/c20-13-6-3-11(4-7-13)18-17(22)16(21)14-8-2-10-1-5-12(19(23)24)9-15(10)14/h1,3-9,20H,2H2,(H,18,22). The zero-order valence-corrected chi connectivity index (χ0v) is 12.4. The lowest BCUT2D eigenvalue weighted by Crippen LogP contribution is -2.23. The minimum Gasteiger partial charge on any atom is -0.508 e. The van der Waals surface area contributed by atoms with Crippen molar-refractivity contribution < 1.29 is 19.6 Å². The van der Waals surface area contributed by atoms with Crippen LogP contribution in [0.15, 0.2) is 48.5 Å². The maximum absolute atomic E-state index is 12.4. The van der Waals surface area contributed by atoms with E-state index in [1.165, 1.54) is 36.4 Å². The number of ketones is 1. The first kappa shape index (κ1) is 15.4. The van der Waals surface area contributed by atoms with Crippen molar-refractivity contribution in [1.29, 1.82) is 0 Å². The summed E-state index contributed by atoms with van der Waals surface area (Å²) in [6.07, 6.45) is 2.04. The van der Waals surface area contributed by atoms with Crippen molar-refractivity contribution in [2.45, 2.75) is 6.42 Å². The monoisotopic (exact) mass is 324 g/mol. The predicted octanol–water partition coefficient (Wildman–Crippen LogP) is 2.45. The molecule has 0 fully saturated rings. The number of amides is 1. The van der Waals surface area contributed by atoms with E-state index in [9.17, 15) is 24.8 Å². The molecule has 0 atom stereocenters. The number of anilines is 1. The Kier molecular flexibility index (Phi) is 3.83. The van der Waals surface area contributed by atoms with Gasteiger partial charge in [0.05, 0.1) is 4.92 Å². The molecule has 1 aliphatic carbocycles. The van der Waals surface area contributed by atoms with Crippen molar-refractivity contribution in [3.63, 3.8) is 0 Å². The number of hydrogen-bond acceptors (Lipinski definition) is 5. The lowest BCUT2D eigenvalue weighted by Gasteiger charge is -2.07. The number of allylic oxidation sites excluding steroid dienone is 1. The molecule has 0 saturated carbocycles. The lowest BCUT2D eigenvalue weighted by molar-refractivity contribution is -0.384. The van der Waals surface area contributed by atoms with Crippen LogP contribution in [0.5, 0.6) is 5.75 Å². The summed E-state index contributed by atoms with van der Waals surface area (Å²) in [7, 11) is 0. The van der Waals surface area contributed by atoms with Crippen LogP contribution >= 0.6 is 0 Å². The van der Waals surface area contributed by atoms with Crippen molar-refractivity contribution >= 4 is 28.6 Å². The summed E-state index contributed by atoms with van der Waals surface area (Å²) in [4.78, 5) is 34.8. The zero-order chi connectivity index (χ0) is 17.3. The van der Waals surface area contributed by atoms with Crippen LogP contribution in [0.4, 0.5) is 11.4 Å². The fourth-order valence-corrected chi connectivity index (χ4v) is 2.50. The molecule has 0 heterocycles. The van der Waals surface area contributed by atoms with Gasteiger partial charge < -0.3 is 10.4 Å². The first-order valence-electron chi connectivity index (χ1n) is 7.08. The first-order chi connectivity index (χ1) is 11.5. The van der Waals surface area contributed by atoms with Gasteiger partial charge in [0.1, 0.15) is 5.75 Å². The van der Waals surface area contributed by atoms with Gasteiger partial charge in [-0.2, -0.15) is 0 Å². The number of nitro groups is 1. The number of aromatic hydroxyl groups is 1. The molecule has 120 valence electrons. The maximum Gasteiger partial charge on any atom is 0.296 e. The Morgan fingerprint density at radius 2 is 1.83 bits per heavy atom. The highest BCUT2D eigenvalue weighted by Crippen LogP contribution is 2.31. The molecule has 0 unspecified atom stereocenters. The number of phenolic OH excluding ortho intramolecular Hbond substituents is 1. The van der Waals surface area contributed by atoms with Gasteiger partial charge in [0.25, 0.3) is 17.4 Å². The summed E-state index contributed by atoms with van der Waals surface area (Å²) < 4.78 is 0. The molecule has 2 aromatic rings. The third kappa shape index (κ3) is 2.87. The Bertz CT molecular complexity index is 884. The minimum atomic E-state index is -0.841. The van der Waals surface area contributed by atoms with E-state index in [1.807, 2.05) is 0 Å². The number of Topliss-reactive ketones (excluding diaryl/α,β-unsaturated/α-hetero) is 1. The van der Waals surface area contributed by atoms with Gasteiger partial charge in [0, 0.05) is 23.4 Å². The van der Waals surface area contributed by atoms with Crippen LogP contribution in [0.1, 0.15) is 11.1 Å². The largest absolute Gasteiger partial charge is 0.508 e. The molecular formula is C17H12N2O5. The number of non-ortho nitro benzene ring substituents is 1. The summed E-state index contributed by atoms with van der Waals surface area (Å²) in [6.45, 7) is 0. The summed E-state index contributed by atoms with van der Waals surface area (Å²) in [6, 6.07) is 9.95. The van der Waals surface area contributed by atoms with Gasteiger partial charge in [-0.25, -0.2) is 0 Å². The van der Waals surface area contributed by atoms with Gasteiger partial charge in [0.2, 0.25) is 0 Å². The predicted molar refractivity (Wildman–Crippen MR) is 86.5 cm³/mol. The smallest absolute Gasteiger partial charge is 0.296 e. The number of rotatable bonds is 4. The summed E-state index contributed by atoms with van der Waals surface area (Å²) in [5, 5.41) is 22.5. The van der Waals surface area contributed by atoms with Gasteiger partial charge in [-0.15, -0.1) is 0 Å². The van der Waals surface area contributed by atoms with Crippen LogP contribution in [0.25, 0.3) is 5.57 Å². The molecule has 1 aliphatic rings. The number of benzene rings is 2. The fourth-order valence-electron chi connectivity index (χ4n) is 2.50. The summed E-state index contributed by atoms with van der Waals surface area (Å²) in [5.41, 5.74) is 1.57. The molecule has 0 radical (unpaired) electrons. The van der Waals surface area contributed by atoms with Crippen LogP contribution in [-0.4, -0.2) is 21.7 Å². The fraction of sp³-hybridized carbons (Fsp3) is 0.0588. The number of nitrogens with zero attached hydrogens (tertiary/aromatic N) is 1. The number of fused-ring (bicyclic) bond motifs is 1. The zero-order valence-electron chi connectivity index (χ0n) is 12.4. The molecule has 0 bridgehead atoms. The van der Waals surface area contributed by atoms with Gasteiger partial charge in [0.15, 0.2) is 0 Å². The average Bonchev–Trinajstić information content (AvgIpc) is 2.99.